The van der Waals surface area contributed by atoms with E-state index >= 15 is 0 Å². The van der Waals surface area contributed by atoms with Crippen molar-refractivity contribution < 1.29 is 5.11 Å². The highest BCUT2D eigenvalue weighted by molar-refractivity contribution is 7.99. The molecule has 0 aromatic rings. The summed E-state index contributed by atoms with van der Waals surface area (Å²) in [5, 5.41) is 12.0. The minimum atomic E-state index is -0.153. The molecule has 0 bridgehead atoms. The Balaban J connectivity index is 2.77. The Bertz CT molecular complexity index is 68.6. The fourth-order valence-electron chi connectivity index (χ4n) is 0.605. The molecule has 0 saturated carbocycles. The molecule has 0 aliphatic rings. The molecule has 10 heavy (non-hydrogen) atoms. The van der Waals surface area contributed by atoms with Crippen LogP contribution in [0.15, 0.2) is 0 Å². The number of thioether (sulfide) groups is 1. The summed E-state index contributed by atoms with van der Waals surface area (Å²) in [5.41, 5.74) is 0. The first-order chi connectivity index (χ1) is 4.77. The molecule has 0 aliphatic carbocycles. The lowest BCUT2D eigenvalue weighted by molar-refractivity contribution is 0.220. The molecule has 0 saturated heterocycles. The van der Waals surface area contributed by atoms with Gasteiger partial charge in [-0.15, -0.1) is 0 Å². The predicted molar refractivity (Wildman–Crippen MR) is 47.5 cm³/mol. The second-order valence-electron chi connectivity index (χ2n) is 2.38. The monoisotopic (exact) mass is 163 g/mol. The normalized spacial score (nSPS) is 13.5. The van der Waals surface area contributed by atoms with Gasteiger partial charge in [0.2, 0.25) is 0 Å². The lowest BCUT2D eigenvalue weighted by atomic mass is 10.5. The summed E-state index contributed by atoms with van der Waals surface area (Å²) in [5.74, 6) is 2.01. The van der Waals surface area contributed by atoms with Crippen LogP contribution in [-0.2, 0) is 0 Å². The zero-order chi connectivity index (χ0) is 7.82. The van der Waals surface area contributed by atoms with E-state index in [1.165, 1.54) is 6.42 Å². The topological polar surface area (TPSA) is 32.3 Å². The number of rotatable bonds is 6. The van der Waals surface area contributed by atoms with Gasteiger partial charge in [-0.25, -0.2) is 0 Å². The Kier molecular flexibility index (Phi) is 7.58. The van der Waals surface area contributed by atoms with Gasteiger partial charge in [0, 0.05) is 5.75 Å². The second-order valence-corrected chi connectivity index (χ2v) is 3.53. The fourth-order valence-corrected chi connectivity index (χ4v) is 1.46. The van der Waals surface area contributed by atoms with E-state index < -0.39 is 0 Å². The van der Waals surface area contributed by atoms with Crippen LogP contribution in [0.4, 0.5) is 0 Å². The van der Waals surface area contributed by atoms with Crippen LogP contribution in [0.25, 0.3) is 0 Å². The van der Waals surface area contributed by atoms with Crippen molar-refractivity contribution in [2.75, 3.05) is 25.1 Å². The average molecular weight is 163 g/mol. The SMILES string of the molecule is CNCCCSCC(C)O. The van der Waals surface area contributed by atoms with Gasteiger partial charge < -0.3 is 10.4 Å². The molecule has 2 N–H and O–H groups in total. The van der Waals surface area contributed by atoms with E-state index in [0.29, 0.717) is 0 Å². The minimum Gasteiger partial charge on any atom is -0.393 e. The molecule has 1 atom stereocenters. The molecule has 0 amide bonds. The summed E-state index contributed by atoms with van der Waals surface area (Å²) in [6.45, 7) is 2.90. The maximum absolute atomic E-state index is 8.87. The van der Waals surface area contributed by atoms with Gasteiger partial charge in [-0.05, 0) is 32.7 Å². The molecule has 0 spiro atoms. The van der Waals surface area contributed by atoms with Crippen LogP contribution in [0.3, 0.4) is 0 Å². The highest BCUT2D eigenvalue weighted by atomic mass is 32.2. The lowest BCUT2D eigenvalue weighted by Gasteiger charge is -2.02. The molecule has 62 valence electrons. The molecule has 0 aliphatic heterocycles. The summed E-state index contributed by atoms with van der Waals surface area (Å²) in [6, 6.07) is 0. The summed E-state index contributed by atoms with van der Waals surface area (Å²) in [7, 11) is 1.96. The van der Waals surface area contributed by atoms with Crippen LogP contribution in [0, 0.1) is 0 Å². The van der Waals surface area contributed by atoms with Crippen molar-refractivity contribution in [3.63, 3.8) is 0 Å². The Morgan fingerprint density at radius 2 is 2.30 bits per heavy atom. The first kappa shape index (κ1) is 10.3. The highest BCUT2D eigenvalue weighted by Gasteiger charge is 1.94. The summed E-state index contributed by atoms with van der Waals surface area (Å²) < 4.78 is 0. The molecule has 0 rings (SSSR count). The van der Waals surface area contributed by atoms with Gasteiger partial charge in [-0.3, -0.25) is 0 Å². The Morgan fingerprint density at radius 3 is 2.80 bits per heavy atom. The third kappa shape index (κ3) is 8.27. The zero-order valence-corrected chi connectivity index (χ0v) is 7.58. The Labute approximate surface area is 67.4 Å². The van der Waals surface area contributed by atoms with Crippen molar-refractivity contribution in [3.05, 3.63) is 0 Å². The molecule has 0 fully saturated rings. The molecule has 0 heterocycles. The van der Waals surface area contributed by atoms with Gasteiger partial charge in [0.05, 0.1) is 6.10 Å². The van der Waals surface area contributed by atoms with E-state index in [4.69, 9.17) is 5.11 Å². The van der Waals surface area contributed by atoms with Gasteiger partial charge in [0.25, 0.3) is 0 Å². The number of nitrogens with one attached hydrogen (secondary N) is 1. The van der Waals surface area contributed by atoms with Crippen molar-refractivity contribution in [2.24, 2.45) is 0 Å². The van der Waals surface area contributed by atoms with Crippen LogP contribution in [0.2, 0.25) is 0 Å². The molecule has 0 aromatic carbocycles. The van der Waals surface area contributed by atoms with Crippen molar-refractivity contribution in [1.82, 2.24) is 5.32 Å². The van der Waals surface area contributed by atoms with E-state index in [-0.39, 0.29) is 6.10 Å². The second kappa shape index (κ2) is 7.38. The van der Waals surface area contributed by atoms with E-state index in [1.807, 2.05) is 25.7 Å². The van der Waals surface area contributed by atoms with Gasteiger partial charge in [0.1, 0.15) is 0 Å². The number of hydrogen-bond donors (Lipinski definition) is 2. The standard InChI is InChI=1S/C7H17NOS/c1-7(9)6-10-5-3-4-8-2/h7-9H,3-6H2,1-2H3. The molecular formula is C7H17NOS. The third-order valence-corrected chi connectivity index (χ3v) is 2.37. The molecule has 0 radical (unpaired) electrons. The maximum Gasteiger partial charge on any atom is 0.0602 e. The average Bonchev–Trinajstić information content (AvgIpc) is 1.87. The predicted octanol–water partition coefficient (Wildman–Crippen LogP) is 0.710. The fraction of sp³-hybridized carbons (Fsp3) is 1.00. The highest BCUT2D eigenvalue weighted by Crippen LogP contribution is 2.03. The van der Waals surface area contributed by atoms with E-state index in [2.05, 4.69) is 5.32 Å². The first-order valence-electron chi connectivity index (χ1n) is 3.67. The molecule has 1 unspecified atom stereocenters. The summed E-state index contributed by atoms with van der Waals surface area (Å²) >= 11 is 1.81. The Morgan fingerprint density at radius 1 is 1.60 bits per heavy atom. The number of aliphatic hydroxyl groups excluding tert-OH is 1. The molecular weight excluding hydrogens is 146 g/mol. The third-order valence-electron chi connectivity index (χ3n) is 1.07. The van der Waals surface area contributed by atoms with Gasteiger partial charge in [-0.2, -0.15) is 11.8 Å². The van der Waals surface area contributed by atoms with Crippen molar-refractivity contribution in [2.45, 2.75) is 19.4 Å². The van der Waals surface area contributed by atoms with Crippen molar-refractivity contribution in [3.8, 4) is 0 Å². The van der Waals surface area contributed by atoms with Crippen molar-refractivity contribution in [1.29, 1.82) is 0 Å². The maximum atomic E-state index is 8.87. The van der Waals surface area contributed by atoms with Crippen LogP contribution >= 0.6 is 11.8 Å². The van der Waals surface area contributed by atoms with E-state index in [0.717, 1.165) is 18.1 Å². The van der Waals surface area contributed by atoms with E-state index in [9.17, 15) is 0 Å². The minimum absolute atomic E-state index is 0.153. The smallest absolute Gasteiger partial charge is 0.0602 e. The van der Waals surface area contributed by atoms with Crippen LogP contribution in [-0.4, -0.2) is 36.3 Å². The number of hydrogen-bond acceptors (Lipinski definition) is 3. The van der Waals surface area contributed by atoms with Crippen LogP contribution in [0.1, 0.15) is 13.3 Å². The van der Waals surface area contributed by atoms with E-state index in [1.54, 1.807) is 0 Å². The van der Waals surface area contributed by atoms with Crippen molar-refractivity contribution >= 4 is 11.8 Å². The van der Waals surface area contributed by atoms with Gasteiger partial charge >= 0.3 is 0 Å². The molecule has 3 heteroatoms. The Hall–Kier alpha value is 0.270. The molecule has 2 nitrogen and oxygen atoms in total. The lowest BCUT2D eigenvalue weighted by Crippen LogP contribution is -2.09. The van der Waals surface area contributed by atoms with Gasteiger partial charge in [0.15, 0.2) is 0 Å². The largest absolute Gasteiger partial charge is 0.393 e. The first-order valence-corrected chi connectivity index (χ1v) is 4.83. The summed E-state index contributed by atoms with van der Waals surface area (Å²) in [4.78, 5) is 0. The quantitative estimate of drug-likeness (QED) is 0.566. The number of aliphatic hydroxyl groups is 1. The van der Waals surface area contributed by atoms with Gasteiger partial charge in [-0.1, -0.05) is 0 Å². The summed E-state index contributed by atoms with van der Waals surface area (Å²) in [6.07, 6.45) is 1.04. The molecule has 0 aromatic heterocycles. The van der Waals surface area contributed by atoms with Crippen LogP contribution in [0.5, 0.6) is 0 Å². The van der Waals surface area contributed by atoms with Crippen LogP contribution < -0.4 is 5.32 Å². The zero-order valence-electron chi connectivity index (χ0n) is 6.76.